The molecule has 1 aromatic heterocycles. The highest BCUT2D eigenvalue weighted by atomic mass is 16.5. The van der Waals surface area contributed by atoms with E-state index >= 15 is 0 Å². The molecule has 0 aliphatic heterocycles. The van der Waals surface area contributed by atoms with Crippen molar-refractivity contribution in [2.75, 3.05) is 12.4 Å². The molecule has 0 fully saturated rings. The third-order valence-electron chi connectivity index (χ3n) is 4.25. The van der Waals surface area contributed by atoms with Crippen molar-refractivity contribution >= 4 is 17.5 Å². The highest BCUT2D eigenvalue weighted by Gasteiger charge is 2.08. The van der Waals surface area contributed by atoms with E-state index in [4.69, 9.17) is 9.15 Å². The molecule has 6 heteroatoms. The molecule has 0 bridgehead atoms. The van der Waals surface area contributed by atoms with E-state index in [-0.39, 0.29) is 17.6 Å². The van der Waals surface area contributed by atoms with Crippen LogP contribution in [0.1, 0.15) is 28.1 Å². The highest BCUT2D eigenvalue weighted by molar-refractivity contribution is 6.02. The summed E-state index contributed by atoms with van der Waals surface area (Å²) in [5.74, 6) is 0.751. The van der Waals surface area contributed by atoms with Gasteiger partial charge in [0.2, 0.25) is 5.91 Å². The molecule has 0 aliphatic carbocycles. The van der Waals surface area contributed by atoms with Crippen LogP contribution in [0.5, 0.6) is 5.75 Å². The van der Waals surface area contributed by atoms with Gasteiger partial charge < -0.3 is 19.8 Å². The summed E-state index contributed by atoms with van der Waals surface area (Å²) in [5.41, 5.74) is 2.71. The molecule has 144 valence electrons. The zero-order valence-electron chi connectivity index (χ0n) is 15.6. The molecule has 0 saturated carbocycles. The summed E-state index contributed by atoms with van der Waals surface area (Å²) in [4.78, 5) is 24.0. The Balaban J connectivity index is 1.42. The first-order valence-electron chi connectivity index (χ1n) is 8.97. The van der Waals surface area contributed by atoms with Gasteiger partial charge >= 0.3 is 0 Å². The van der Waals surface area contributed by atoms with Crippen LogP contribution in [0.4, 0.5) is 5.69 Å². The number of carbonyl (C=O) groups is 2. The summed E-state index contributed by atoms with van der Waals surface area (Å²) in [5, 5.41) is 5.66. The second kappa shape index (κ2) is 9.41. The van der Waals surface area contributed by atoms with Crippen molar-refractivity contribution < 1.29 is 18.7 Å². The van der Waals surface area contributed by atoms with Crippen LogP contribution in [0.3, 0.4) is 0 Å². The van der Waals surface area contributed by atoms with Gasteiger partial charge in [-0.2, -0.15) is 0 Å². The maximum absolute atomic E-state index is 12.1. The van der Waals surface area contributed by atoms with E-state index in [0.29, 0.717) is 25.1 Å². The van der Waals surface area contributed by atoms with Crippen LogP contribution >= 0.6 is 0 Å². The number of carbonyl (C=O) groups excluding carboxylic acids is 2. The summed E-state index contributed by atoms with van der Waals surface area (Å²) in [6.07, 6.45) is 2.55. The number of nitrogens with one attached hydrogen (secondary N) is 2. The summed E-state index contributed by atoms with van der Waals surface area (Å²) in [6.45, 7) is 0.438. The summed E-state index contributed by atoms with van der Waals surface area (Å²) in [6, 6.07) is 18.3. The number of anilines is 1. The Morgan fingerprint density at radius 3 is 2.32 bits per heavy atom. The molecule has 2 amide bonds. The Labute approximate surface area is 163 Å². The predicted molar refractivity (Wildman–Crippen MR) is 106 cm³/mol. The van der Waals surface area contributed by atoms with Crippen molar-refractivity contribution in [1.29, 1.82) is 0 Å². The number of hydrogen-bond donors (Lipinski definition) is 2. The molecule has 1 heterocycles. The van der Waals surface area contributed by atoms with Gasteiger partial charge in [0, 0.05) is 18.7 Å². The zero-order chi connectivity index (χ0) is 19.8. The minimum absolute atomic E-state index is 0.00832. The van der Waals surface area contributed by atoms with Crippen molar-refractivity contribution in [3.05, 3.63) is 83.8 Å². The first kappa shape index (κ1) is 19.2. The lowest BCUT2D eigenvalue weighted by molar-refractivity contribution is -0.121. The molecule has 6 nitrogen and oxygen atoms in total. The fourth-order valence-electron chi connectivity index (χ4n) is 2.65. The smallest absolute Gasteiger partial charge is 0.291 e. The SMILES string of the molecule is COc1ccc(CCC(=O)NCc2ccc(NC(=O)c3ccco3)cc2)cc1. The van der Waals surface area contributed by atoms with Gasteiger partial charge in [-0.1, -0.05) is 24.3 Å². The van der Waals surface area contributed by atoms with Crippen molar-refractivity contribution in [2.24, 2.45) is 0 Å². The molecular weight excluding hydrogens is 356 g/mol. The molecule has 2 N–H and O–H groups in total. The van der Waals surface area contributed by atoms with Crippen LogP contribution < -0.4 is 15.4 Å². The van der Waals surface area contributed by atoms with Gasteiger partial charge in [-0.15, -0.1) is 0 Å². The second-order valence-electron chi connectivity index (χ2n) is 6.25. The molecule has 0 aliphatic rings. The number of benzene rings is 2. The number of aryl methyl sites for hydroxylation is 1. The minimum Gasteiger partial charge on any atom is -0.497 e. The standard InChI is InChI=1S/C22H22N2O4/c1-27-19-11-6-16(7-12-19)8-13-21(25)23-15-17-4-9-18(10-5-17)24-22(26)20-3-2-14-28-20/h2-7,9-12,14H,8,13,15H2,1H3,(H,23,25)(H,24,26). The molecule has 3 aromatic rings. The average Bonchev–Trinajstić information content (AvgIpc) is 3.27. The van der Waals surface area contributed by atoms with E-state index < -0.39 is 0 Å². The Morgan fingerprint density at radius 2 is 1.68 bits per heavy atom. The monoisotopic (exact) mass is 378 g/mol. The Kier molecular flexibility index (Phi) is 6.46. The minimum atomic E-state index is -0.301. The van der Waals surface area contributed by atoms with Gasteiger partial charge in [-0.3, -0.25) is 9.59 Å². The molecule has 0 atom stereocenters. The van der Waals surface area contributed by atoms with E-state index in [1.807, 2.05) is 36.4 Å². The molecule has 3 rings (SSSR count). The Morgan fingerprint density at radius 1 is 0.964 bits per heavy atom. The molecule has 2 aromatic carbocycles. The Hall–Kier alpha value is -3.54. The topological polar surface area (TPSA) is 80.6 Å². The number of amides is 2. The number of furan rings is 1. The molecule has 0 unspecified atom stereocenters. The third-order valence-corrected chi connectivity index (χ3v) is 4.25. The quantitative estimate of drug-likeness (QED) is 0.625. The fraction of sp³-hybridized carbons (Fsp3) is 0.182. The first-order valence-corrected chi connectivity index (χ1v) is 8.97. The normalized spacial score (nSPS) is 10.3. The number of ether oxygens (including phenoxy) is 1. The van der Waals surface area contributed by atoms with E-state index in [2.05, 4.69) is 10.6 Å². The van der Waals surface area contributed by atoms with Gasteiger partial charge in [-0.25, -0.2) is 0 Å². The summed E-state index contributed by atoms with van der Waals surface area (Å²) < 4.78 is 10.2. The second-order valence-corrected chi connectivity index (χ2v) is 6.25. The van der Waals surface area contributed by atoms with Crippen molar-refractivity contribution in [2.45, 2.75) is 19.4 Å². The first-order chi connectivity index (χ1) is 13.6. The summed E-state index contributed by atoms with van der Waals surface area (Å²) >= 11 is 0. The predicted octanol–water partition coefficient (Wildman–Crippen LogP) is 3.79. The van der Waals surface area contributed by atoms with Gasteiger partial charge in [-0.05, 0) is 53.9 Å². The molecule has 28 heavy (non-hydrogen) atoms. The van der Waals surface area contributed by atoms with E-state index in [1.165, 1.54) is 6.26 Å². The van der Waals surface area contributed by atoms with Gasteiger partial charge in [0.15, 0.2) is 5.76 Å². The van der Waals surface area contributed by atoms with Crippen LogP contribution in [0.25, 0.3) is 0 Å². The largest absolute Gasteiger partial charge is 0.497 e. The molecular formula is C22H22N2O4. The molecule has 0 saturated heterocycles. The van der Waals surface area contributed by atoms with E-state index in [1.54, 1.807) is 31.4 Å². The lowest BCUT2D eigenvalue weighted by Gasteiger charge is -2.08. The Bertz CT molecular complexity index is 901. The zero-order valence-corrected chi connectivity index (χ0v) is 15.6. The number of methoxy groups -OCH3 is 1. The lowest BCUT2D eigenvalue weighted by atomic mass is 10.1. The lowest BCUT2D eigenvalue weighted by Crippen LogP contribution is -2.23. The van der Waals surface area contributed by atoms with Crippen LogP contribution in [0.15, 0.2) is 71.3 Å². The fourth-order valence-corrected chi connectivity index (χ4v) is 2.65. The summed E-state index contributed by atoms with van der Waals surface area (Å²) in [7, 11) is 1.63. The van der Waals surface area contributed by atoms with Gasteiger partial charge in [0.25, 0.3) is 5.91 Å². The maximum Gasteiger partial charge on any atom is 0.291 e. The number of hydrogen-bond acceptors (Lipinski definition) is 4. The van der Waals surface area contributed by atoms with Crippen molar-refractivity contribution in [3.8, 4) is 5.75 Å². The highest BCUT2D eigenvalue weighted by Crippen LogP contribution is 2.13. The molecule has 0 radical (unpaired) electrons. The van der Waals surface area contributed by atoms with Crippen LogP contribution in [0.2, 0.25) is 0 Å². The van der Waals surface area contributed by atoms with Crippen LogP contribution in [-0.2, 0) is 17.8 Å². The third kappa shape index (κ3) is 5.48. The number of rotatable bonds is 8. The van der Waals surface area contributed by atoms with E-state index in [0.717, 1.165) is 16.9 Å². The van der Waals surface area contributed by atoms with Crippen molar-refractivity contribution in [3.63, 3.8) is 0 Å². The van der Waals surface area contributed by atoms with Crippen LogP contribution in [-0.4, -0.2) is 18.9 Å². The van der Waals surface area contributed by atoms with Gasteiger partial charge in [0.1, 0.15) is 5.75 Å². The average molecular weight is 378 g/mol. The van der Waals surface area contributed by atoms with Gasteiger partial charge in [0.05, 0.1) is 13.4 Å². The van der Waals surface area contributed by atoms with Crippen molar-refractivity contribution in [1.82, 2.24) is 5.32 Å². The maximum atomic E-state index is 12.1. The molecule has 0 spiro atoms. The van der Waals surface area contributed by atoms with Crippen LogP contribution in [0, 0.1) is 0 Å². The van der Waals surface area contributed by atoms with E-state index in [9.17, 15) is 9.59 Å².